The lowest BCUT2D eigenvalue weighted by atomic mass is 9.97. The average molecular weight is 383 g/mol. The molecule has 1 aliphatic rings. The molecule has 0 bridgehead atoms. The fraction of sp³-hybridized carbons (Fsp3) is 0.545. The summed E-state index contributed by atoms with van der Waals surface area (Å²) in [6, 6.07) is 1.86. The van der Waals surface area contributed by atoms with Crippen LogP contribution in [0.4, 0.5) is 0 Å². The number of likely N-dealkylation sites (tertiary alicyclic amines) is 1. The maximum atomic E-state index is 12.2. The van der Waals surface area contributed by atoms with Crippen LogP contribution < -0.4 is 0 Å². The number of carbonyl (C=O) groups excluding carboxylic acids is 1. The number of rotatable bonds is 2. The molecule has 1 amide bonds. The maximum absolute atomic E-state index is 12.2. The third-order valence-corrected chi connectivity index (χ3v) is 5.39. The van der Waals surface area contributed by atoms with Crippen LogP contribution in [0.1, 0.15) is 23.2 Å². The fourth-order valence-corrected chi connectivity index (χ4v) is 4.75. The predicted octanol–water partition coefficient (Wildman–Crippen LogP) is 3.12. The standard InChI is InChI=1S/C11H13Br2NO2S/c12-9-5-8(10(13)17-9)11(16)14-3-1-7(6-15)2-4-14/h5,7,15H,1-4,6H2. The third-order valence-electron chi connectivity index (χ3n) is 3.05. The highest BCUT2D eigenvalue weighted by molar-refractivity contribution is 9.12. The summed E-state index contributed by atoms with van der Waals surface area (Å²) in [6.07, 6.45) is 1.79. The number of hydrogen-bond donors (Lipinski definition) is 1. The van der Waals surface area contributed by atoms with Crippen molar-refractivity contribution < 1.29 is 9.90 Å². The van der Waals surface area contributed by atoms with E-state index in [9.17, 15) is 4.79 Å². The third kappa shape index (κ3) is 3.10. The topological polar surface area (TPSA) is 40.5 Å². The van der Waals surface area contributed by atoms with Crippen molar-refractivity contribution in [1.82, 2.24) is 4.90 Å². The average Bonchev–Trinajstić information content (AvgIpc) is 2.68. The molecule has 0 unspecified atom stereocenters. The van der Waals surface area contributed by atoms with E-state index in [0.29, 0.717) is 5.92 Å². The molecule has 0 atom stereocenters. The van der Waals surface area contributed by atoms with Gasteiger partial charge in [-0.25, -0.2) is 0 Å². The number of piperidine rings is 1. The highest BCUT2D eigenvalue weighted by Gasteiger charge is 2.25. The Hall–Kier alpha value is 0.0900. The van der Waals surface area contributed by atoms with Gasteiger partial charge in [-0.05, 0) is 56.7 Å². The molecule has 0 spiro atoms. The van der Waals surface area contributed by atoms with Gasteiger partial charge in [0.25, 0.3) is 5.91 Å². The number of aliphatic hydroxyl groups excluding tert-OH is 1. The summed E-state index contributed by atoms with van der Waals surface area (Å²) in [4.78, 5) is 14.1. The van der Waals surface area contributed by atoms with Crippen LogP contribution in [0, 0.1) is 5.92 Å². The van der Waals surface area contributed by atoms with Crippen LogP contribution >= 0.6 is 43.2 Å². The highest BCUT2D eigenvalue weighted by Crippen LogP contribution is 2.33. The van der Waals surface area contributed by atoms with Crippen molar-refractivity contribution in [2.75, 3.05) is 19.7 Å². The summed E-state index contributed by atoms with van der Waals surface area (Å²) < 4.78 is 1.83. The van der Waals surface area contributed by atoms with E-state index in [1.54, 1.807) is 0 Å². The van der Waals surface area contributed by atoms with Crippen LogP contribution in [0.3, 0.4) is 0 Å². The second-order valence-electron chi connectivity index (χ2n) is 4.16. The van der Waals surface area contributed by atoms with E-state index in [1.807, 2.05) is 11.0 Å². The van der Waals surface area contributed by atoms with Crippen LogP contribution in [0.2, 0.25) is 0 Å². The van der Waals surface area contributed by atoms with Crippen molar-refractivity contribution >= 4 is 49.1 Å². The van der Waals surface area contributed by atoms with Crippen molar-refractivity contribution in [3.05, 3.63) is 19.2 Å². The zero-order chi connectivity index (χ0) is 12.4. The van der Waals surface area contributed by atoms with E-state index in [4.69, 9.17) is 5.11 Å². The van der Waals surface area contributed by atoms with Crippen molar-refractivity contribution in [3.63, 3.8) is 0 Å². The van der Waals surface area contributed by atoms with E-state index in [1.165, 1.54) is 11.3 Å². The first-order chi connectivity index (χ1) is 8.11. The van der Waals surface area contributed by atoms with Gasteiger partial charge in [0.15, 0.2) is 0 Å². The number of thiophene rings is 1. The molecule has 94 valence electrons. The van der Waals surface area contributed by atoms with Crippen LogP contribution in [0.5, 0.6) is 0 Å². The molecular formula is C11H13Br2NO2S. The van der Waals surface area contributed by atoms with Gasteiger partial charge in [-0.1, -0.05) is 0 Å². The molecule has 0 radical (unpaired) electrons. The van der Waals surface area contributed by atoms with Gasteiger partial charge < -0.3 is 10.0 Å². The second-order valence-corrected chi connectivity index (χ2v) is 7.91. The number of carbonyl (C=O) groups is 1. The lowest BCUT2D eigenvalue weighted by Gasteiger charge is -2.31. The van der Waals surface area contributed by atoms with Gasteiger partial charge in [0, 0.05) is 19.7 Å². The van der Waals surface area contributed by atoms with Gasteiger partial charge >= 0.3 is 0 Å². The van der Waals surface area contributed by atoms with Gasteiger partial charge in [0.2, 0.25) is 0 Å². The molecule has 1 aliphatic heterocycles. The van der Waals surface area contributed by atoms with Crippen LogP contribution in [-0.2, 0) is 0 Å². The molecule has 1 fully saturated rings. The molecule has 1 aromatic heterocycles. The van der Waals surface area contributed by atoms with E-state index >= 15 is 0 Å². The first-order valence-electron chi connectivity index (χ1n) is 5.46. The molecular weight excluding hydrogens is 370 g/mol. The molecule has 6 heteroatoms. The minimum absolute atomic E-state index is 0.0789. The normalized spacial score (nSPS) is 17.5. The van der Waals surface area contributed by atoms with E-state index in [-0.39, 0.29) is 12.5 Å². The van der Waals surface area contributed by atoms with Crippen molar-refractivity contribution in [2.45, 2.75) is 12.8 Å². The number of amides is 1. The Morgan fingerprint density at radius 1 is 1.47 bits per heavy atom. The molecule has 0 aromatic carbocycles. The zero-order valence-electron chi connectivity index (χ0n) is 9.16. The minimum atomic E-state index is 0.0789. The summed E-state index contributed by atoms with van der Waals surface area (Å²) >= 11 is 8.30. The number of halogens is 2. The minimum Gasteiger partial charge on any atom is -0.396 e. The summed E-state index contributed by atoms with van der Waals surface area (Å²) in [5.41, 5.74) is 0.726. The van der Waals surface area contributed by atoms with Crippen molar-refractivity contribution in [2.24, 2.45) is 5.92 Å². The maximum Gasteiger partial charge on any atom is 0.255 e. The quantitative estimate of drug-likeness (QED) is 0.853. The lowest BCUT2D eigenvalue weighted by Crippen LogP contribution is -2.39. The van der Waals surface area contributed by atoms with Crippen molar-refractivity contribution in [3.8, 4) is 0 Å². The van der Waals surface area contributed by atoms with E-state index < -0.39 is 0 Å². The van der Waals surface area contributed by atoms with Crippen LogP contribution in [0.25, 0.3) is 0 Å². The largest absolute Gasteiger partial charge is 0.396 e. The van der Waals surface area contributed by atoms with Crippen LogP contribution in [-0.4, -0.2) is 35.6 Å². The first kappa shape index (κ1) is 13.5. The van der Waals surface area contributed by atoms with E-state index in [0.717, 1.165) is 39.1 Å². The molecule has 1 saturated heterocycles. The molecule has 2 heterocycles. The van der Waals surface area contributed by atoms with Gasteiger partial charge in [0.1, 0.15) is 0 Å². The Bertz CT molecular complexity index is 414. The fourth-order valence-electron chi connectivity index (χ4n) is 1.98. The summed E-state index contributed by atoms with van der Waals surface area (Å²) in [7, 11) is 0. The Labute approximate surface area is 121 Å². The van der Waals surface area contributed by atoms with Gasteiger partial charge in [-0.2, -0.15) is 0 Å². The molecule has 1 aromatic rings. The summed E-state index contributed by atoms with van der Waals surface area (Å²) in [6.45, 7) is 1.71. The summed E-state index contributed by atoms with van der Waals surface area (Å²) in [5.74, 6) is 0.437. The first-order valence-corrected chi connectivity index (χ1v) is 7.87. The second kappa shape index (κ2) is 5.82. The monoisotopic (exact) mass is 381 g/mol. The molecule has 0 aliphatic carbocycles. The highest BCUT2D eigenvalue weighted by atomic mass is 79.9. The van der Waals surface area contributed by atoms with Crippen molar-refractivity contribution in [1.29, 1.82) is 0 Å². The Morgan fingerprint density at radius 2 is 2.12 bits per heavy atom. The SMILES string of the molecule is O=C(c1cc(Br)sc1Br)N1CCC(CO)CC1. The Kier molecular flexibility index (Phi) is 4.63. The zero-order valence-corrected chi connectivity index (χ0v) is 13.1. The lowest BCUT2D eigenvalue weighted by molar-refractivity contribution is 0.0650. The number of hydrogen-bond acceptors (Lipinski definition) is 3. The summed E-state index contributed by atoms with van der Waals surface area (Å²) in [5, 5.41) is 9.06. The molecule has 17 heavy (non-hydrogen) atoms. The molecule has 1 N–H and O–H groups in total. The van der Waals surface area contributed by atoms with Gasteiger partial charge in [0.05, 0.1) is 13.1 Å². The predicted molar refractivity (Wildman–Crippen MR) is 75.4 cm³/mol. The molecule has 0 saturated carbocycles. The van der Waals surface area contributed by atoms with E-state index in [2.05, 4.69) is 31.9 Å². The number of nitrogens with zero attached hydrogens (tertiary/aromatic N) is 1. The van der Waals surface area contributed by atoms with Gasteiger partial charge in [-0.3, -0.25) is 4.79 Å². The van der Waals surface area contributed by atoms with Gasteiger partial charge in [-0.15, -0.1) is 11.3 Å². The number of aliphatic hydroxyl groups is 1. The Balaban J connectivity index is 2.04. The molecule has 2 rings (SSSR count). The smallest absolute Gasteiger partial charge is 0.255 e. The molecule has 3 nitrogen and oxygen atoms in total. The Morgan fingerprint density at radius 3 is 2.59 bits per heavy atom. The van der Waals surface area contributed by atoms with Crippen LogP contribution in [0.15, 0.2) is 13.6 Å².